The summed E-state index contributed by atoms with van der Waals surface area (Å²) in [5.41, 5.74) is 0. The molecule has 0 aliphatic carbocycles. The van der Waals surface area contributed by atoms with Crippen LogP contribution in [0.25, 0.3) is 0 Å². The monoisotopic (exact) mass is 281 g/mol. The fourth-order valence-corrected chi connectivity index (χ4v) is 2.40. The second-order valence-corrected chi connectivity index (χ2v) is 5.97. The fraction of sp³-hybridized carbons (Fsp3) is 1.00. The molecule has 8 heteroatoms. The average Bonchev–Trinajstić information content (AvgIpc) is 2.13. The van der Waals surface area contributed by atoms with E-state index < -0.39 is 29.2 Å². The Morgan fingerprint density at radius 3 is 2.25 bits per heavy atom. The predicted molar refractivity (Wildman–Crippen MR) is 57.0 cm³/mol. The van der Waals surface area contributed by atoms with Gasteiger partial charge in [-0.2, -0.15) is 13.2 Å². The van der Waals surface area contributed by atoms with E-state index in [1.54, 1.807) is 0 Å². The first-order chi connectivity index (χ1) is 7.19. The van der Waals surface area contributed by atoms with Crippen molar-refractivity contribution in [1.82, 2.24) is 4.31 Å². The summed E-state index contributed by atoms with van der Waals surface area (Å²) in [5, 5.41) is 0. The highest BCUT2D eigenvalue weighted by Gasteiger charge is 2.29. The van der Waals surface area contributed by atoms with Gasteiger partial charge >= 0.3 is 6.18 Å². The molecule has 0 atom stereocenters. The fourth-order valence-electron chi connectivity index (χ4n) is 0.958. The van der Waals surface area contributed by atoms with E-state index in [0.29, 0.717) is 18.7 Å². The average molecular weight is 282 g/mol. The van der Waals surface area contributed by atoms with Crippen molar-refractivity contribution >= 4 is 21.6 Å². The van der Waals surface area contributed by atoms with Gasteiger partial charge in [0.25, 0.3) is 0 Å². The zero-order chi connectivity index (χ0) is 12.8. The Morgan fingerprint density at radius 2 is 1.81 bits per heavy atom. The molecule has 0 radical (unpaired) electrons. The maximum Gasteiger partial charge on any atom is 0.390 e. The lowest BCUT2D eigenvalue weighted by atomic mass is 10.4. The molecule has 3 nitrogen and oxygen atoms in total. The SMILES string of the molecule is CN(CCC(F)(F)F)S(=O)(=O)CCCCCl. The predicted octanol–water partition coefficient (Wildman–Crippen LogP) is 2.22. The molecule has 0 rings (SSSR count). The van der Waals surface area contributed by atoms with Gasteiger partial charge < -0.3 is 0 Å². The zero-order valence-electron chi connectivity index (χ0n) is 8.93. The summed E-state index contributed by atoms with van der Waals surface area (Å²) in [6.07, 6.45) is -4.56. The largest absolute Gasteiger partial charge is 0.390 e. The third-order valence-electron chi connectivity index (χ3n) is 1.97. The molecule has 0 bridgehead atoms. The molecule has 98 valence electrons. The number of unbranched alkanes of at least 4 members (excludes halogenated alkanes) is 1. The van der Waals surface area contributed by atoms with E-state index in [0.717, 1.165) is 11.4 Å². The van der Waals surface area contributed by atoms with Crippen LogP contribution in [0.4, 0.5) is 13.2 Å². The molecule has 0 aliphatic rings. The number of rotatable bonds is 7. The second kappa shape index (κ2) is 6.66. The Hall–Kier alpha value is -0.0100. The normalized spacial score (nSPS) is 13.4. The summed E-state index contributed by atoms with van der Waals surface area (Å²) in [4.78, 5) is 0. The summed E-state index contributed by atoms with van der Waals surface area (Å²) >= 11 is 5.37. The van der Waals surface area contributed by atoms with Crippen LogP contribution in [0.3, 0.4) is 0 Å². The first-order valence-electron chi connectivity index (χ1n) is 4.76. The molecule has 0 N–H and O–H groups in total. The van der Waals surface area contributed by atoms with E-state index in [2.05, 4.69) is 0 Å². The van der Waals surface area contributed by atoms with Gasteiger partial charge in [-0.25, -0.2) is 12.7 Å². The second-order valence-electron chi connectivity index (χ2n) is 3.40. The van der Waals surface area contributed by atoms with Gasteiger partial charge in [0, 0.05) is 19.5 Å². The number of sulfonamides is 1. The standard InChI is InChI=1S/C8H15ClF3NO2S/c1-13(6-4-8(10,11)12)16(14,15)7-3-2-5-9/h2-7H2,1H3. The molecule has 0 saturated heterocycles. The van der Waals surface area contributed by atoms with Crippen molar-refractivity contribution in [3.63, 3.8) is 0 Å². The van der Waals surface area contributed by atoms with E-state index in [1.165, 1.54) is 0 Å². The Kier molecular flexibility index (Phi) is 6.65. The van der Waals surface area contributed by atoms with Crippen molar-refractivity contribution in [3.8, 4) is 0 Å². The highest BCUT2D eigenvalue weighted by molar-refractivity contribution is 7.89. The van der Waals surface area contributed by atoms with Crippen molar-refractivity contribution in [2.75, 3.05) is 25.2 Å². The van der Waals surface area contributed by atoms with Gasteiger partial charge in [0.2, 0.25) is 10.0 Å². The number of hydrogen-bond donors (Lipinski definition) is 0. The van der Waals surface area contributed by atoms with Crippen LogP contribution in [0.1, 0.15) is 19.3 Å². The van der Waals surface area contributed by atoms with E-state index in [1.807, 2.05) is 0 Å². The Bertz CT molecular complexity index is 292. The molecule has 0 saturated carbocycles. The van der Waals surface area contributed by atoms with Crippen LogP contribution in [0, 0.1) is 0 Å². The minimum Gasteiger partial charge on any atom is -0.212 e. The molecule has 0 aromatic rings. The van der Waals surface area contributed by atoms with E-state index in [4.69, 9.17) is 11.6 Å². The summed E-state index contributed by atoms with van der Waals surface area (Å²) < 4.78 is 59.2. The summed E-state index contributed by atoms with van der Waals surface area (Å²) in [7, 11) is -2.43. The summed E-state index contributed by atoms with van der Waals surface area (Å²) in [5.74, 6) is 0.190. The summed E-state index contributed by atoms with van der Waals surface area (Å²) in [6.45, 7) is -0.535. The molecule has 0 aromatic heterocycles. The van der Waals surface area contributed by atoms with E-state index >= 15 is 0 Å². The minimum atomic E-state index is -4.33. The van der Waals surface area contributed by atoms with E-state index in [-0.39, 0.29) is 5.75 Å². The van der Waals surface area contributed by atoms with Gasteiger partial charge in [0.15, 0.2) is 0 Å². The molecule has 0 amide bonds. The zero-order valence-corrected chi connectivity index (χ0v) is 10.5. The molecule has 0 aliphatic heterocycles. The van der Waals surface area contributed by atoms with Crippen LogP contribution in [0.15, 0.2) is 0 Å². The van der Waals surface area contributed by atoms with E-state index in [9.17, 15) is 21.6 Å². The maximum atomic E-state index is 11.9. The van der Waals surface area contributed by atoms with Gasteiger partial charge in [-0.05, 0) is 12.8 Å². The molecule has 0 aromatic carbocycles. The van der Waals surface area contributed by atoms with Gasteiger partial charge in [-0.1, -0.05) is 0 Å². The lowest BCUT2D eigenvalue weighted by Gasteiger charge is -2.17. The number of hydrogen-bond acceptors (Lipinski definition) is 2. The Balaban J connectivity index is 4.10. The quantitative estimate of drug-likeness (QED) is 0.530. The van der Waals surface area contributed by atoms with Crippen molar-refractivity contribution < 1.29 is 21.6 Å². The smallest absolute Gasteiger partial charge is 0.212 e. The maximum absolute atomic E-state index is 11.9. The minimum absolute atomic E-state index is 0.159. The Morgan fingerprint density at radius 1 is 1.25 bits per heavy atom. The molecular formula is C8H15ClF3NO2S. The van der Waals surface area contributed by atoms with Crippen molar-refractivity contribution in [1.29, 1.82) is 0 Å². The molecule has 0 heterocycles. The van der Waals surface area contributed by atoms with Crippen LogP contribution in [-0.4, -0.2) is 44.1 Å². The lowest BCUT2D eigenvalue weighted by Crippen LogP contribution is -2.32. The van der Waals surface area contributed by atoms with Gasteiger partial charge in [-0.3, -0.25) is 0 Å². The molecule has 0 unspecified atom stereocenters. The van der Waals surface area contributed by atoms with Crippen LogP contribution in [0.5, 0.6) is 0 Å². The highest BCUT2D eigenvalue weighted by atomic mass is 35.5. The third kappa shape index (κ3) is 7.29. The van der Waals surface area contributed by atoms with Crippen LogP contribution in [-0.2, 0) is 10.0 Å². The van der Waals surface area contributed by atoms with Crippen molar-refractivity contribution in [3.05, 3.63) is 0 Å². The van der Waals surface area contributed by atoms with Crippen molar-refractivity contribution in [2.24, 2.45) is 0 Å². The lowest BCUT2D eigenvalue weighted by molar-refractivity contribution is -0.135. The van der Waals surface area contributed by atoms with Crippen LogP contribution in [0.2, 0.25) is 0 Å². The number of alkyl halides is 4. The molecule has 16 heavy (non-hydrogen) atoms. The topological polar surface area (TPSA) is 37.4 Å². The first-order valence-corrected chi connectivity index (χ1v) is 6.90. The van der Waals surface area contributed by atoms with Gasteiger partial charge in [-0.15, -0.1) is 11.6 Å². The third-order valence-corrected chi connectivity index (χ3v) is 4.18. The molecular weight excluding hydrogens is 267 g/mol. The molecule has 0 spiro atoms. The van der Waals surface area contributed by atoms with Crippen molar-refractivity contribution in [2.45, 2.75) is 25.4 Å². The number of halogens is 4. The Labute approximate surface area is 98.6 Å². The summed E-state index contributed by atoms with van der Waals surface area (Å²) in [6, 6.07) is 0. The number of nitrogens with zero attached hydrogens (tertiary/aromatic N) is 1. The highest BCUT2D eigenvalue weighted by Crippen LogP contribution is 2.20. The van der Waals surface area contributed by atoms with Crippen LogP contribution < -0.4 is 0 Å². The van der Waals surface area contributed by atoms with Crippen LogP contribution >= 0.6 is 11.6 Å². The molecule has 0 fully saturated rings. The van der Waals surface area contributed by atoms with Gasteiger partial charge in [0.1, 0.15) is 0 Å². The first kappa shape index (κ1) is 16.0. The van der Waals surface area contributed by atoms with Gasteiger partial charge in [0.05, 0.1) is 12.2 Å².